The minimum Gasteiger partial charge on any atom is -0.312 e. The summed E-state index contributed by atoms with van der Waals surface area (Å²) in [5.74, 6) is 0.456. The number of fused-ring (bicyclic) bond motifs is 7. The Balaban J connectivity index is 1.08. The minimum absolute atomic E-state index is 0.0985. The summed E-state index contributed by atoms with van der Waals surface area (Å²) in [6.45, 7) is 4.49. The molecule has 378 valence electrons. The molecule has 79 heavy (non-hydrogen) atoms. The molecule has 1 aromatic heterocycles. The summed E-state index contributed by atoms with van der Waals surface area (Å²) in [6, 6.07) is 89.9. The van der Waals surface area contributed by atoms with Gasteiger partial charge in [-0.3, -0.25) is 0 Å². The highest BCUT2D eigenvalue weighted by atomic mass is 15.2. The van der Waals surface area contributed by atoms with Gasteiger partial charge in [0.2, 0.25) is 0 Å². The van der Waals surface area contributed by atoms with Gasteiger partial charge in [-0.2, -0.15) is 0 Å². The Morgan fingerprint density at radius 1 is 0.532 bits per heavy atom. The van der Waals surface area contributed by atoms with Crippen LogP contribution in [0.5, 0.6) is 0 Å². The van der Waals surface area contributed by atoms with Crippen LogP contribution in [0.4, 0.5) is 45.5 Å². The Labute approximate surface area is 464 Å². The van der Waals surface area contributed by atoms with Gasteiger partial charge < -0.3 is 19.3 Å². The second-order valence-electron chi connectivity index (χ2n) is 21.2. The van der Waals surface area contributed by atoms with Crippen LogP contribution in [0.15, 0.2) is 285 Å². The number of rotatable bonds is 12. The van der Waals surface area contributed by atoms with E-state index in [0.717, 1.165) is 64.8 Å². The maximum Gasteiger partial charge on any atom is 0.252 e. The summed E-state index contributed by atoms with van der Waals surface area (Å²) >= 11 is 0. The highest BCUT2D eigenvalue weighted by molar-refractivity contribution is 7.00. The molecule has 1 atom stereocenters. The summed E-state index contributed by atoms with van der Waals surface area (Å²) in [7, 11) is 0. The van der Waals surface area contributed by atoms with Gasteiger partial charge in [0.1, 0.15) is 0 Å². The molecule has 5 heteroatoms. The largest absolute Gasteiger partial charge is 0.312 e. The smallest absolute Gasteiger partial charge is 0.252 e. The monoisotopic (exact) mass is 1010 g/mol. The van der Waals surface area contributed by atoms with E-state index in [1.807, 2.05) is 0 Å². The molecule has 4 nitrogen and oxygen atoms in total. The van der Waals surface area contributed by atoms with Gasteiger partial charge in [-0.1, -0.05) is 208 Å². The third-order valence-corrected chi connectivity index (χ3v) is 16.2. The molecule has 3 aliphatic rings. The number of anilines is 8. The summed E-state index contributed by atoms with van der Waals surface area (Å²) in [5.41, 5.74) is 23.8. The molecule has 0 saturated heterocycles. The van der Waals surface area contributed by atoms with E-state index in [-0.39, 0.29) is 6.71 Å². The molecule has 10 aromatic carbocycles. The Hall–Kier alpha value is -9.58. The van der Waals surface area contributed by atoms with Crippen molar-refractivity contribution >= 4 is 96.0 Å². The van der Waals surface area contributed by atoms with Crippen molar-refractivity contribution < 1.29 is 0 Å². The molecule has 0 radical (unpaired) electrons. The zero-order valence-corrected chi connectivity index (χ0v) is 44.6. The molecule has 0 amide bonds. The van der Waals surface area contributed by atoms with Gasteiger partial charge in [-0.25, -0.2) is 0 Å². The summed E-state index contributed by atoms with van der Waals surface area (Å²) < 4.78 is 2.47. The van der Waals surface area contributed by atoms with Crippen LogP contribution in [0, 0.1) is 5.92 Å². The highest BCUT2D eigenvalue weighted by Crippen LogP contribution is 2.49. The normalized spacial score (nSPS) is 14.6. The maximum atomic E-state index is 2.60. The minimum atomic E-state index is -0.0985. The molecule has 0 bridgehead atoms. The molecular formula is C74H59BN4. The van der Waals surface area contributed by atoms with E-state index in [1.165, 1.54) is 77.4 Å². The van der Waals surface area contributed by atoms with Crippen LogP contribution in [0.3, 0.4) is 0 Å². The molecule has 11 aromatic rings. The van der Waals surface area contributed by atoms with Crippen LogP contribution in [-0.2, 0) is 6.42 Å². The van der Waals surface area contributed by atoms with E-state index in [0.29, 0.717) is 5.92 Å². The fourth-order valence-electron chi connectivity index (χ4n) is 12.7. The fraction of sp³-hybridized carbons (Fsp3) is 0.0811. The van der Waals surface area contributed by atoms with Crippen LogP contribution in [0.2, 0.25) is 0 Å². The van der Waals surface area contributed by atoms with Gasteiger partial charge in [0.25, 0.3) is 6.71 Å². The molecule has 0 N–H and O–H groups in total. The second kappa shape index (κ2) is 20.4. The molecule has 0 spiro atoms. The van der Waals surface area contributed by atoms with Crippen LogP contribution in [0.25, 0.3) is 44.2 Å². The lowest BCUT2D eigenvalue weighted by molar-refractivity contribution is 0.749. The SMILES string of the molecule is CC/C=C(\C=C/Cc1ccccc1)N1c2cc(-n3c4ccccc4c4ccccc43)ccc2B2c3ccc(C4=CC=CC(C)C4)cc3N(c3ccc(-c4ccccc4)cc3)c3cc(N(c4ccccc4)c4ccccc4)cc1c32. The quantitative estimate of drug-likeness (QED) is 0.0895. The molecule has 14 rings (SSSR count). The van der Waals surface area contributed by atoms with Gasteiger partial charge in [0, 0.05) is 62.0 Å². The Morgan fingerprint density at radius 3 is 1.77 bits per heavy atom. The number of hydrogen-bond acceptors (Lipinski definition) is 3. The van der Waals surface area contributed by atoms with Crippen molar-refractivity contribution in [1.29, 1.82) is 0 Å². The fourth-order valence-corrected chi connectivity index (χ4v) is 12.7. The average Bonchev–Trinajstić information content (AvgIpc) is 4.02. The lowest BCUT2D eigenvalue weighted by Crippen LogP contribution is -2.61. The van der Waals surface area contributed by atoms with Gasteiger partial charge >= 0.3 is 0 Å². The zero-order valence-electron chi connectivity index (χ0n) is 44.6. The van der Waals surface area contributed by atoms with Gasteiger partial charge in [-0.15, -0.1) is 0 Å². The molecule has 3 heterocycles. The van der Waals surface area contributed by atoms with E-state index in [4.69, 9.17) is 0 Å². The molecule has 1 aliphatic carbocycles. The highest BCUT2D eigenvalue weighted by Gasteiger charge is 2.44. The topological polar surface area (TPSA) is 14.7 Å². The molecule has 0 fully saturated rings. The van der Waals surface area contributed by atoms with E-state index < -0.39 is 0 Å². The van der Waals surface area contributed by atoms with Crippen LogP contribution < -0.4 is 31.1 Å². The number of para-hydroxylation sites is 4. The van der Waals surface area contributed by atoms with E-state index in [2.05, 4.69) is 312 Å². The Kier molecular flexibility index (Phi) is 12.4. The zero-order chi connectivity index (χ0) is 52.8. The van der Waals surface area contributed by atoms with Crippen LogP contribution >= 0.6 is 0 Å². The van der Waals surface area contributed by atoms with E-state index in [1.54, 1.807) is 0 Å². The number of benzene rings is 10. The number of nitrogens with zero attached hydrogens (tertiary/aromatic N) is 4. The average molecular weight is 1020 g/mol. The van der Waals surface area contributed by atoms with E-state index >= 15 is 0 Å². The maximum absolute atomic E-state index is 2.60. The first-order valence-electron chi connectivity index (χ1n) is 28.0. The van der Waals surface area contributed by atoms with Crippen molar-refractivity contribution in [1.82, 2.24) is 4.57 Å². The van der Waals surface area contributed by atoms with Crippen molar-refractivity contribution in [2.75, 3.05) is 14.7 Å². The predicted molar refractivity (Wildman–Crippen MR) is 337 cm³/mol. The van der Waals surface area contributed by atoms with Gasteiger partial charge in [0.05, 0.1) is 16.7 Å². The third kappa shape index (κ3) is 8.59. The van der Waals surface area contributed by atoms with Crippen molar-refractivity contribution in [2.45, 2.75) is 33.1 Å². The molecule has 2 aliphatic heterocycles. The van der Waals surface area contributed by atoms with Crippen molar-refractivity contribution in [3.8, 4) is 16.8 Å². The Morgan fingerprint density at radius 2 is 1.10 bits per heavy atom. The molecular weight excluding hydrogens is 956 g/mol. The summed E-state index contributed by atoms with van der Waals surface area (Å²) in [6.07, 6.45) is 16.7. The van der Waals surface area contributed by atoms with Crippen LogP contribution in [0.1, 0.15) is 37.8 Å². The second-order valence-corrected chi connectivity index (χ2v) is 21.2. The van der Waals surface area contributed by atoms with Crippen molar-refractivity contribution in [3.63, 3.8) is 0 Å². The number of allylic oxidation sites excluding steroid dienone is 7. The van der Waals surface area contributed by atoms with E-state index in [9.17, 15) is 0 Å². The lowest BCUT2D eigenvalue weighted by atomic mass is 9.33. The third-order valence-electron chi connectivity index (χ3n) is 16.2. The standard InChI is InChI=1S/C74H59BN4/c1-3-22-58(34-21-26-53-24-8-4-9-25-53)77-71-49-62(79-68-37-18-16-35-64(68)65-36-17-19-38-69(65)79)44-46-67(71)75-66-45-41-57(56-29-20-23-52(2)47-56)48-70(66)78(61-42-39-55(40-43-61)54-27-10-5-11-28-54)73-51-63(50-72(77)74(73)75)76(59-30-12-6-13-31-59)60-32-14-7-15-33-60/h4-25,27-46,48-52H,3,26,47H2,1-2H3/b34-21-,58-22+. The van der Waals surface area contributed by atoms with Crippen molar-refractivity contribution in [2.24, 2.45) is 5.92 Å². The predicted octanol–water partition coefficient (Wildman–Crippen LogP) is 17.7. The van der Waals surface area contributed by atoms with Crippen molar-refractivity contribution in [3.05, 3.63) is 296 Å². The van der Waals surface area contributed by atoms with Crippen LogP contribution in [-0.4, -0.2) is 11.3 Å². The molecule has 0 saturated carbocycles. The Bertz CT molecular complexity index is 4100. The summed E-state index contributed by atoms with van der Waals surface area (Å²) in [4.78, 5) is 7.61. The first-order chi connectivity index (χ1) is 39.1. The first-order valence-corrected chi connectivity index (χ1v) is 28.0. The molecule has 1 unspecified atom stereocenters. The summed E-state index contributed by atoms with van der Waals surface area (Å²) in [5, 5.41) is 2.49. The van der Waals surface area contributed by atoms with Gasteiger partial charge in [0.15, 0.2) is 0 Å². The number of aromatic nitrogens is 1. The lowest BCUT2D eigenvalue weighted by Gasteiger charge is -2.45. The first kappa shape index (κ1) is 47.8. The number of hydrogen-bond donors (Lipinski definition) is 0. The van der Waals surface area contributed by atoms with Gasteiger partial charge in [-0.05, 0) is 154 Å².